The number of carbonyl (C=O) groups excluding carboxylic acids is 2. The SMILES string of the molecule is Cn1nccc1NC(=O)C(=O)NCC1(c2ccccc2Cl)CC1. The zero-order valence-electron chi connectivity index (χ0n) is 12.7. The Hall–Kier alpha value is -2.34. The lowest BCUT2D eigenvalue weighted by Crippen LogP contribution is -2.40. The Bertz CT molecular complexity index is 752. The van der Waals surface area contributed by atoms with E-state index in [1.54, 1.807) is 19.3 Å². The number of hydrogen-bond donors (Lipinski definition) is 2. The van der Waals surface area contributed by atoms with E-state index in [9.17, 15) is 9.59 Å². The number of anilines is 1. The number of carbonyl (C=O) groups is 2. The van der Waals surface area contributed by atoms with Gasteiger partial charge in [-0.3, -0.25) is 14.3 Å². The molecule has 1 aliphatic rings. The van der Waals surface area contributed by atoms with E-state index in [2.05, 4.69) is 15.7 Å². The zero-order chi connectivity index (χ0) is 16.4. The normalized spacial score (nSPS) is 15.0. The first-order chi connectivity index (χ1) is 11.0. The Morgan fingerprint density at radius 3 is 2.61 bits per heavy atom. The number of benzene rings is 1. The molecule has 0 saturated heterocycles. The standard InChI is InChI=1S/C16H17ClN4O2/c1-21-13(6-9-19-21)20-15(23)14(22)18-10-16(7-8-16)11-4-2-3-5-12(11)17/h2-6,9H,7-8,10H2,1H3,(H,18,22)(H,20,23). The van der Waals surface area contributed by atoms with Crippen LogP contribution in [-0.4, -0.2) is 28.1 Å². The van der Waals surface area contributed by atoms with Crippen LogP contribution in [0.15, 0.2) is 36.5 Å². The van der Waals surface area contributed by atoms with Crippen molar-refractivity contribution in [3.05, 3.63) is 47.1 Å². The molecule has 1 aliphatic carbocycles. The molecule has 0 spiro atoms. The van der Waals surface area contributed by atoms with Crippen molar-refractivity contribution < 1.29 is 9.59 Å². The molecule has 120 valence electrons. The van der Waals surface area contributed by atoms with Gasteiger partial charge in [-0.1, -0.05) is 29.8 Å². The number of amides is 2. The number of halogens is 1. The Balaban J connectivity index is 1.60. The molecule has 0 aliphatic heterocycles. The Morgan fingerprint density at radius 1 is 1.26 bits per heavy atom. The maximum atomic E-state index is 12.0. The van der Waals surface area contributed by atoms with Crippen molar-refractivity contribution in [1.82, 2.24) is 15.1 Å². The molecule has 2 aromatic rings. The number of hydrogen-bond acceptors (Lipinski definition) is 3. The van der Waals surface area contributed by atoms with Gasteiger partial charge in [0.15, 0.2) is 0 Å². The van der Waals surface area contributed by atoms with Gasteiger partial charge in [0, 0.05) is 30.1 Å². The van der Waals surface area contributed by atoms with Crippen LogP contribution in [0.25, 0.3) is 0 Å². The highest BCUT2D eigenvalue weighted by Crippen LogP contribution is 2.49. The summed E-state index contributed by atoms with van der Waals surface area (Å²) in [5.41, 5.74) is 0.870. The molecule has 1 aromatic carbocycles. The highest BCUT2D eigenvalue weighted by Gasteiger charge is 2.45. The highest BCUT2D eigenvalue weighted by atomic mass is 35.5. The average molecular weight is 333 g/mol. The third-order valence-corrected chi connectivity index (χ3v) is 4.48. The van der Waals surface area contributed by atoms with Gasteiger partial charge in [0.2, 0.25) is 0 Å². The van der Waals surface area contributed by atoms with Crippen molar-refractivity contribution in [1.29, 1.82) is 0 Å². The Kier molecular flexibility index (Phi) is 4.09. The first kappa shape index (κ1) is 15.6. The summed E-state index contributed by atoms with van der Waals surface area (Å²) in [6.45, 7) is 0.397. The van der Waals surface area contributed by atoms with Crippen LogP contribution in [0.4, 0.5) is 5.82 Å². The van der Waals surface area contributed by atoms with E-state index in [1.165, 1.54) is 4.68 Å². The number of nitrogens with zero attached hydrogens (tertiary/aromatic N) is 2. The summed E-state index contributed by atoms with van der Waals surface area (Å²) in [4.78, 5) is 23.9. The van der Waals surface area contributed by atoms with Crippen molar-refractivity contribution in [2.45, 2.75) is 18.3 Å². The fourth-order valence-electron chi connectivity index (χ4n) is 2.58. The second kappa shape index (κ2) is 6.04. The summed E-state index contributed by atoms with van der Waals surface area (Å²) in [6, 6.07) is 9.24. The lowest BCUT2D eigenvalue weighted by atomic mass is 9.96. The van der Waals surface area contributed by atoms with E-state index in [-0.39, 0.29) is 5.41 Å². The number of nitrogens with one attached hydrogen (secondary N) is 2. The van der Waals surface area contributed by atoms with E-state index in [4.69, 9.17) is 11.6 Å². The summed E-state index contributed by atoms with van der Waals surface area (Å²) < 4.78 is 1.48. The molecule has 23 heavy (non-hydrogen) atoms. The van der Waals surface area contributed by atoms with Gasteiger partial charge in [-0.15, -0.1) is 0 Å². The molecule has 3 rings (SSSR count). The van der Waals surface area contributed by atoms with Crippen molar-refractivity contribution in [3.63, 3.8) is 0 Å². The first-order valence-corrected chi connectivity index (χ1v) is 7.72. The maximum Gasteiger partial charge on any atom is 0.314 e. The van der Waals surface area contributed by atoms with Crippen LogP contribution in [0.3, 0.4) is 0 Å². The van der Waals surface area contributed by atoms with Crippen molar-refractivity contribution >= 4 is 29.2 Å². The van der Waals surface area contributed by atoms with E-state index >= 15 is 0 Å². The molecule has 1 fully saturated rings. The fraction of sp³-hybridized carbons (Fsp3) is 0.312. The van der Waals surface area contributed by atoms with Crippen LogP contribution in [0, 0.1) is 0 Å². The van der Waals surface area contributed by atoms with Gasteiger partial charge in [0.25, 0.3) is 0 Å². The second-order valence-electron chi connectivity index (χ2n) is 5.74. The molecule has 0 atom stereocenters. The minimum absolute atomic E-state index is 0.152. The maximum absolute atomic E-state index is 12.0. The fourth-order valence-corrected chi connectivity index (χ4v) is 2.92. The third kappa shape index (κ3) is 3.22. The summed E-state index contributed by atoms with van der Waals surface area (Å²) in [7, 11) is 1.68. The molecule has 7 heteroatoms. The van der Waals surface area contributed by atoms with E-state index in [0.29, 0.717) is 17.4 Å². The van der Waals surface area contributed by atoms with Crippen molar-refractivity contribution in [2.24, 2.45) is 7.05 Å². The average Bonchev–Trinajstić information content (AvgIpc) is 3.23. The summed E-state index contributed by atoms with van der Waals surface area (Å²) in [5.74, 6) is -0.898. The smallest absolute Gasteiger partial charge is 0.314 e. The second-order valence-corrected chi connectivity index (χ2v) is 6.14. The molecule has 2 amide bonds. The van der Waals surface area contributed by atoms with Crippen LogP contribution < -0.4 is 10.6 Å². The minimum atomic E-state index is -0.705. The molecule has 2 N–H and O–H groups in total. The minimum Gasteiger partial charge on any atom is -0.347 e. The molecule has 1 heterocycles. The third-order valence-electron chi connectivity index (χ3n) is 4.15. The topological polar surface area (TPSA) is 76.0 Å². The van der Waals surface area contributed by atoms with Crippen LogP contribution in [0.5, 0.6) is 0 Å². The van der Waals surface area contributed by atoms with E-state index in [1.807, 2.05) is 24.3 Å². The summed E-state index contributed by atoms with van der Waals surface area (Å²) in [6.07, 6.45) is 3.44. The molecular weight excluding hydrogens is 316 g/mol. The van der Waals surface area contributed by atoms with Gasteiger partial charge in [-0.2, -0.15) is 5.10 Å². The van der Waals surface area contributed by atoms with Crippen LogP contribution in [0.2, 0.25) is 5.02 Å². The molecule has 1 aromatic heterocycles. The Labute approximate surface area is 138 Å². The van der Waals surface area contributed by atoms with Gasteiger partial charge in [-0.25, -0.2) is 0 Å². The summed E-state index contributed by atoms with van der Waals surface area (Å²) in [5, 5.41) is 9.85. The molecule has 6 nitrogen and oxygen atoms in total. The first-order valence-electron chi connectivity index (χ1n) is 7.34. The van der Waals surface area contributed by atoms with E-state index < -0.39 is 11.8 Å². The van der Waals surface area contributed by atoms with Crippen LogP contribution >= 0.6 is 11.6 Å². The highest BCUT2D eigenvalue weighted by molar-refractivity contribution is 6.39. The molecule has 1 saturated carbocycles. The van der Waals surface area contributed by atoms with Crippen molar-refractivity contribution in [3.8, 4) is 0 Å². The molecule has 0 unspecified atom stereocenters. The van der Waals surface area contributed by atoms with Gasteiger partial charge in [-0.05, 0) is 24.5 Å². The predicted octanol–water partition coefficient (Wildman–Crippen LogP) is 1.86. The molecule has 0 bridgehead atoms. The number of rotatable bonds is 4. The van der Waals surface area contributed by atoms with Gasteiger partial charge >= 0.3 is 11.8 Å². The quantitative estimate of drug-likeness (QED) is 0.839. The largest absolute Gasteiger partial charge is 0.347 e. The number of aryl methyl sites for hydroxylation is 1. The van der Waals surface area contributed by atoms with Gasteiger partial charge in [0.1, 0.15) is 5.82 Å². The lowest BCUT2D eigenvalue weighted by molar-refractivity contribution is -0.136. The van der Waals surface area contributed by atoms with Gasteiger partial charge < -0.3 is 10.6 Å². The monoisotopic (exact) mass is 332 g/mol. The van der Waals surface area contributed by atoms with E-state index in [0.717, 1.165) is 18.4 Å². The van der Waals surface area contributed by atoms with Crippen molar-refractivity contribution in [2.75, 3.05) is 11.9 Å². The summed E-state index contributed by atoms with van der Waals surface area (Å²) >= 11 is 6.24. The van der Waals surface area contributed by atoms with Crippen LogP contribution in [0.1, 0.15) is 18.4 Å². The Morgan fingerprint density at radius 2 is 2.00 bits per heavy atom. The zero-order valence-corrected chi connectivity index (χ0v) is 13.4. The van der Waals surface area contributed by atoms with Gasteiger partial charge in [0.05, 0.1) is 6.20 Å². The lowest BCUT2D eigenvalue weighted by Gasteiger charge is -2.17. The number of aromatic nitrogens is 2. The molecular formula is C16H17ClN4O2. The molecule has 0 radical (unpaired) electrons. The predicted molar refractivity (Wildman–Crippen MR) is 87.2 cm³/mol. The van der Waals surface area contributed by atoms with Crippen LogP contribution in [-0.2, 0) is 22.1 Å².